The van der Waals surface area contributed by atoms with Crippen molar-refractivity contribution in [3.05, 3.63) is 107 Å². The fraction of sp³-hybridized carbons (Fsp3) is 0.310. The fourth-order valence-corrected chi connectivity index (χ4v) is 7.25. The van der Waals surface area contributed by atoms with Gasteiger partial charge in [0.15, 0.2) is 0 Å². The molecule has 0 aromatic heterocycles. The third kappa shape index (κ3) is 2.08. The molecule has 1 fully saturated rings. The number of hydrogen-bond donors (Lipinski definition) is 0. The van der Waals surface area contributed by atoms with E-state index in [1.54, 1.807) is 0 Å². The van der Waals surface area contributed by atoms with Crippen LogP contribution in [0.25, 0.3) is 0 Å². The third-order valence-corrected chi connectivity index (χ3v) is 8.51. The maximum absolute atomic E-state index is 13.3. The summed E-state index contributed by atoms with van der Waals surface area (Å²) >= 11 is 0. The van der Waals surface area contributed by atoms with Crippen LogP contribution in [0.1, 0.15) is 42.2 Å². The first-order chi connectivity index (χ1) is 15.6. The SMILES string of the molecule is COC(=O)[C@@]12C=C[C@]3(C#N)C4=C(CC=C[C@]41C(c1ccccc1)C2)C[C@@H]3c1ccccc1. The number of allylic oxidation sites excluding steroid dienone is 5. The lowest BCUT2D eigenvalue weighted by atomic mass is 9.34. The molecule has 1 spiro atoms. The van der Waals surface area contributed by atoms with Crippen LogP contribution in [0.5, 0.6) is 0 Å². The van der Waals surface area contributed by atoms with E-state index in [1.165, 1.54) is 23.8 Å². The molecule has 4 aliphatic carbocycles. The molecule has 0 bridgehead atoms. The third-order valence-electron chi connectivity index (χ3n) is 8.51. The van der Waals surface area contributed by atoms with Gasteiger partial charge < -0.3 is 4.74 Å². The van der Waals surface area contributed by atoms with Crippen LogP contribution in [0.2, 0.25) is 0 Å². The van der Waals surface area contributed by atoms with Crippen molar-refractivity contribution in [1.29, 1.82) is 5.26 Å². The predicted octanol–water partition coefficient (Wildman–Crippen LogP) is 5.84. The quantitative estimate of drug-likeness (QED) is 0.464. The van der Waals surface area contributed by atoms with E-state index in [9.17, 15) is 10.1 Å². The van der Waals surface area contributed by atoms with Gasteiger partial charge in [0.1, 0.15) is 10.8 Å². The van der Waals surface area contributed by atoms with Crippen LogP contribution in [0.15, 0.2) is 96.1 Å². The minimum atomic E-state index is -0.758. The van der Waals surface area contributed by atoms with Crippen LogP contribution in [0, 0.1) is 27.6 Å². The highest BCUT2D eigenvalue weighted by molar-refractivity contribution is 5.87. The van der Waals surface area contributed by atoms with Crippen LogP contribution in [0.4, 0.5) is 0 Å². The Morgan fingerprint density at radius 1 is 0.969 bits per heavy atom. The highest BCUT2D eigenvalue weighted by Crippen LogP contribution is 2.79. The van der Waals surface area contributed by atoms with Gasteiger partial charge in [-0.25, -0.2) is 0 Å². The Morgan fingerprint density at radius 2 is 1.62 bits per heavy atom. The molecule has 0 saturated heterocycles. The van der Waals surface area contributed by atoms with E-state index in [0.29, 0.717) is 6.42 Å². The molecular formula is C29H25NO2. The van der Waals surface area contributed by atoms with Gasteiger partial charge in [-0.1, -0.05) is 90.5 Å². The smallest absolute Gasteiger partial charge is 0.316 e. The van der Waals surface area contributed by atoms with E-state index in [4.69, 9.17) is 4.74 Å². The Bertz CT molecular complexity index is 1230. The van der Waals surface area contributed by atoms with Crippen molar-refractivity contribution >= 4 is 5.97 Å². The van der Waals surface area contributed by atoms with Gasteiger partial charge in [-0.05, 0) is 41.9 Å². The second-order valence-electron chi connectivity index (χ2n) is 9.57. The number of hydrogen-bond acceptors (Lipinski definition) is 3. The number of nitrogens with zero attached hydrogens (tertiary/aromatic N) is 1. The van der Waals surface area contributed by atoms with Crippen LogP contribution >= 0.6 is 0 Å². The van der Waals surface area contributed by atoms with E-state index in [0.717, 1.165) is 18.4 Å². The van der Waals surface area contributed by atoms with E-state index in [2.05, 4.69) is 54.6 Å². The molecule has 158 valence electrons. The molecule has 0 N–H and O–H groups in total. The van der Waals surface area contributed by atoms with Gasteiger partial charge >= 0.3 is 5.97 Å². The maximum atomic E-state index is 13.3. The van der Waals surface area contributed by atoms with Crippen molar-refractivity contribution < 1.29 is 9.53 Å². The Hall–Kier alpha value is -3.38. The molecule has 1 saturated carbocycles. The second kappa shape index (κ2) is 6.56. The summed E-state index contributed by atoms with van der Waals surface area (Å²) in [5.41, 5.74) is 2.83. The molecule has 32 heavy (non-hydrogen) atoms. The first-order valence-corrected chi connectivity index (χ1v) is 11.3. The van der Waals surface area contributed by atoms with Crippen molar-refractivity contribution in [2.75, 3.05) is 7.11 Å². The standard InChI is InChI=1S/C29H25NO2/c1-32-26(31)28-16-15-27(19-30)23(20-9-4-2-5-10-20)17-22-13-8-14-29(28,25(22)27)24(18-28)21-11-6-3-7-12-21/h2-12,14-16,23-24H,13,17-18H2,1H3/t23-,24?,27-,28+,29+/m1/s1. The number of carbonyl (C=O) groups excluding carboxylic acids is 1. The predicted molar refractivity (Wildman–Crippen MR) is 122 cm³/mol. The Morgan fingerprint density at radius 3 is 2.25 bits per heavy atom. The maximum Gasteiger partial charge on any atom is 0.316 e. The second-order valence-corrected chi connectivity index (χ2v) is 9.57. The fourth-order valence-electron chi connectivity index (χ4n) is 7.25. The zero-order valence-electron chi connectivity index (χ0n) is 18.1. The molecule has 5 atom stereocenters. The van der Waals surface area contributed by atoms with Crippen LogP contribution in [-0.4, -0.2) is 13.1 Å². The van der Waals surface area contributed by atoms with Crippen molar-refractivity contribution in [2.45, 2.75) is 31.1 Å². The molecule has 3 nitrogen and oxygen atoms in total. The molecule has 2 aromatic carbocycles. The average molecular weight is 420 g/mol. The van der Waals surface area contributed by atoms with E-state index in [-0.39, 0.29) is 17.8 Å². The van der Waals surface area contributed by atoms with Crippen molar-refractivity contribution in [1.82, 2.24) is 0 Å². The van der Waals surface area contributed by atoms with Crippen molar-refractivity contribution in [2.24, 2.45) is 16.2 Å². The summed E-state index contributed by atoms with van der Waals surface area (Å²) in [5, 5.41) is 10.7. The zero-order valence-corrected chi connectivity index (χ0v) is 18.1. The highest BCUT2D eigenvalue weighted by atomic mass is 16.5. The number of nitriles is 1. The molecule has 0 heterocycles. The molecule has 2 aromatic rings. The molecular weight excluding hydrogens is 394 g/mol. The number of ether oxygens (including phenoxy) is 1. The first kappa shape index (κ1) is 19.3. The lowest BCUT2D eigenvalue weighted by Gasteiger charge is -2.66. The average Bonchev–Trinajstić information content (AvgIpc) is 3.19. The monoisotopic (exact) mass is 419 g/mol. The summed E-state index contributed by atoms with van der Waals surface area (Å²) in [7, 11) is 1.48. The largest absolute Gasteiger partial charge is 0.468 e. The molecule has 0 amide bonds. The number of methoxy groups -OCH3 is 1. The number of esters is 1. The normalized spacial score (nSPS) is 36.0. The van der Waals surface area contributed by atoms with Gasteiger partial charge in [0, 0.05) is 11.3 Å². The minimum Gasteiger partial charge on any atom is -0.468 e. The number of carbonyl (C=O) groups is 1. The Balaban J connectivity index is 1.62. The summed E-state index contributed by atoms with van der Waals surface area (Å²) in [6.07, 6.45) is 10.9. The van der Waals surface area contributed by atoms with Crippen molar-refractivity contribution in [3.63, 3.8) is 0 Å². The van der Waals surface area contributed by atoms with Gasteiger partial charge in [-0.15, -0.1) is 0 Å². The number of rotatable bonds is 3. The van der Waals surface area contributed by atoms with Crippen LogP contribution in [-0.2, 0) is 9.53 Å². The zero-order chi connectivity index (χ0) is 22.0. The van der Waals surface area contributed by atoms with E-state index >= 15 is 0 Å². The molecule has 3 heteroatoms. The molecule has 0 radical (unpaired) electrons. The summed E-state index contributed by atoms with van der Waals surface area (Å²) in [5.74, 6) is -0.00928. The molecule has 1 unspecified atom stereocenters. The van der Waals surface area contributed by atoms with E-state index in [1.807, 2.05) is 36.4 Å². The van der Waals surface area contributed by atoms with E-state index < -0.39 is 16.2 Å². The van der Waals surface area contributed by atoms with Crippen LogP contribution < -0.4 is 0 Å². The Kier molecular flexibility index (Phi) is 3.96. The van der Waals surface area contributed by atoms with Gasteiger partial charge in [-0.2, -0.15) is 5.26 Å². The molecule has 4 aliphatic rings. The van der Waals surface area contributed by atoms with Gasteiger partial charge in [0.2, 0.25) is 0 Å². The number of benzene rings is 2. The lowest BCUT2D eigenvalue weighted by molar-refractivity contribution is -0.167. The molecule has 6 rings (SSSR count). The lowest BCUT2D eigenvalue weighted by Crippen LogP contribution is -2.64. The van der Waals surface area contributed by atoms with Crippen LogP contribution in [0.3, 0.4) is 0 Å². The summed E-state index contributed by atoms with van der Waals surface area (Å²) in [6, 6.07) is 23.6. The summed E-state index contributed by atoms with van der Waals surface area (Å²) < 4.78 is 5.38. The van der Waals surface area contributed by atoms with Gasteiger partial charge in [-0.3, -0.25) is 4.79 Å². The van der Waals surface area contributed by atoms with Gasteiger partial charge in [0.25, 0.3) is 0 Å². The van der Waals surface area contributed by atoms with Gasteiger partial charge in [0.05, 0.1) is 13.2 Å². The topological polar surface area (TPSA) is 50.1 Å². The summed E-state index contributed by atoms with van der Waals surface area (Å²) in [6.45, 7) is 0. The highest BCUT2D eigenvalue weighted by Gasteiger charge is 2.75. The van der Waals surface area contributed by atoms with Crippen molar-refractivity contribution in [3.8, 4) is 6.07 Å². The summed E-state index contributed by atoms with van der Waals surface area (Å²) in [4.78, 5) is 13.3. The molecule has 0 aliphatic heterocycles. The first-order valence-electron chi connectivity index (χ1n) is 11.3. The minimum absolute atomic E-state index is 0.0550. The Labute approximate surface area is 188 Å².